The van der Waals surface area contributed by atoms with E-state index in [4.69, 9.17) is 5.73 Å². The Morgan fingerprint density at radius 1 is 1.47 bits per heavy atom. The molecule has 2 unspecified atom stereocenters. The predicted octanol–water partition coefficient (Wildman–Crippen LogP) is 0.0984. The highest BCUT2D eigenvalue weighted by Gasteiger charge is 2.31. The van der Waals surface area contributed by atoms with Crippen molar-refractivity contribution in [3.63, 3.8) is 0 Å². The number of nitrogens with zero attached hydrogens (tertiary/aromatic N) is 1. The fraction of sp³-hybridized carbons (Fsp3) is 0.833. The summed E-state index contributed by atoms with van der Waals surface area (Å²) in [6, 6.07) is 0.235. The van der Waals surface area contributed by atoms with E-state index in [1.807, 2.05) is 18.7 Å². The summed E-state index contributed by atoms with van der Waals surface area (Å²) in [6.45, 7) is 5.42. The summed E-state index contributed by atoms with van der Waals surface area (Å²) >= 11 is 0. The van der Waals surface area contributed by atoms with Crippen molar-refractivity contribution in [3.8, 4) is 0 Å². The van der Waals surface area contributed by atoms with Crippen LogP contribution in [0.4, 0.5) is 0 Å². The quantitative estimate of drug-likeness (QED) is 0.716. The van der Waals surface area contributed by atoms with Crippen LogP contribution in [-0.4, -0.2) is 42.4 Å². The molecule has 2 atom stereocenters. The Balaban J connectivity index is 2.35. The Morgan fingerprint density at radius 3 is 2.71 bits per heavy atom. The van der Waals surface area contributed by atoms with E-state index in [-0.39, 0.29) is 24.4 Å². The molecule has 98 valence electrons. The van der Waals surface area contributed by atoms with Crippen LogP contribution in [-0.2, 0) is 9.59 Å². The van der Waals surface area contributed by atoms with E-state index in [0.29, 0.717) is 18.9 Å². The van der Waals surface area contributed by atoms with Gasteiger partial charge in [-0.25, -0.2) is 0 Å². The molecule has 1 rings (SSSR count). The number of carbonyl (C=O) groups is 2. The van der Waals surface area contributed by atoms with E-state index in [1.54, 1.807) is 0 Å². The number of nitrogens with two attached hydrogens (primary N) is 1. The zero-order chi connectivity index (χ0) is 12.8. The van der Waals surface area contributed by atoms with E-state index in [2.05, 4.69) is 5.32 Å². The van der Waals surface area contributed by atoms with Crippen molar-refractivity contribution >= 4 is 11.8 Å². The average Bonchev–Trinajstić information content (AvgIpc) is 2.68. The van der Waals surface area contributed by atoms with Crippen molar-refractivity contribution in [1.82, 2.24) is 10.2 Å². The summed E-state index contributed by atoms with van der Waals surface area (Å²) in [5.74, 6) is 0.348. The number of hydrogen-bond acceptors (Lipinski definition) is 3. The minimum absolute atomic E-state index is 0.00194. The molecule has 0 spiro atoms. The van der Waals surface area contributed by atoms with Crippen LogP contribution in [0.1, 0.15) is 33.1 Å². The van der Waals surface area contributed by atoms with Crippen LogP contribution in [0.15, 0.2) is 0 Å². The Morgan fingerprint density at radius 2 is 2.18 bits per heavy atom. The highest BCUT2D eigenvalue weighted by atomic mass is 16.2. The van der Waals surface area contributed by atoms with Gasteiger partial charge in [0, 0.05) is 19.0 Å². The van der Waals surface area contributed by atoms with E-state index in [9.17, 15) is 9.59 Å². The van der Waals surface area contributed by atoms with Gasteiger partial charge in [0.2, 0.25) is 11.8 Å². The van der Waals surface area contributed by atoms with Gasteiger partial charge in [0.05, 0.1) is 6.54 Å². The molecule has 0 radical (unpaired) electrons. The van der Waals surface area contributed by atoms with Gasteiger partial charge in [0.1, 0.15) is 0 Å². The highest BCUT2D eigenvalue weighted by molar-refractivity contribution is 5.85. The van der Waals surface area contributed by atoms with E-state index >= 15 is 0 Å². The summed E-state index contributed by atoms with van der Waals surface area (Å²) in [5, 5.41) is 2.65. The molecule has 0 aromatic rings. The van der Waals surface area contributed by atoms with Gasteiger partial charge in [0.15, 0.2) is 0 Å². The van der Waals surface area contributed by atoms with Gasteiger partial charge >= 0.3 is 0 Å². The van der Waals surface area contributed by atoms with Crippen LogP contribution in [0.3, 0.4) is 0 Å². The van der Waals surface area contributed by atoms with Crippen LogP contribution in [0, 0.1) is 5.92 Å². The summed E-state index contributed by atoms with van der Waals surface area (Å²) in [6.07, 6.45) is 2.24. The SMILES string of the molecule is CCCC(=O)NCC(=O)N1CC(CN)CC1C. The Hall–Kier alpha value is -1.10. The third-order valence-electron chi connectivity index (χ3n) is 3.23. The number of amides is 2. The first-order valence-corrected chi connectivity index (χ1v) is 6.34. The van der Waals surface area contributed by atoms with Gasteiger partial charge in [-0.3, -0.25) is 9.59 Å². The fourth-order valence-electron chi connectivity index (χ4n) is 2.25. The third kappa shape index (κ3) is 4.00. The first-order valence-electron chi connectivity index (χ1n) is 6.34. The normalized spacial score (nSPS) is 23.8. The molecule has 1 saturated heterocycles. The van der Waals surface area contributed by atoms with Crippen LogP contribution in [0.2, 0.25) is 0 Å². The summed E-state index contributed by atoms with van der Waals surface area (Å²) in [4.78, 5) is 25.0. The molecule has 0 aromatic heterocycles. The lowest BCUT2D eigenvalue weighted by Crippen LogP contribution is -2.42. The Labute approximate surface area is 103 Å². The van der Waals surface area contributed by atoms with Crippen LogP contribution in [0.25, 0.3) is 0 Å². The molecule has 5 heteroatoms. The summed E-state index contributed by atoms with van der Waals surface area (Å²) < 4.78 is 0. The maximum atomic E-state index is 11.9. The molecule has 2 amide bonds. The molecule has 0 aliphatic carbocycles. The van der Waals surface area contributed by atoms with Crippen LogP contribution >= 0.6 is 0 Å². The van der Waals surface area contributed by atoms with Crippen molar-refractivity contribution in [1.29, 1.82) is 0 Å². The average molecular weight is 241 g/mol. The number of nitrogens with one attached hydrogen (secondary N) is 1. The third-order valence-corrected chi connectivity index (χ3v) is 3.23. The van der Waals surface area contributed by atoms with Gasteiger partial charge in [0.25, 0.3) is 0 Å². The second-order valence-corrected chi connectivity index (χ2v) is 4.76. The first-order chi connectivity index (χ1) is 8.08. The molecule has 1 aliphatic heterocycles. The highest BCUT2D eigenvalue weighted by Crippen LogP contribution is 2.21. The zero-order valence-corrected chi connectivity index (χ0v) is 10.7. The molecule has 0 aromatic carbocycles. The molecule has 5 nitrogen and oxygen atoms in total. The smallest absolute Gasteiger partial charge is 0.242 e. The van der Waals surface area contributed by atoms with Gasteiger partial charge < -0.3 is 16.0 Å². The first kappa shape index (κ1) is 14.0. The maximum Gasteiger partial charge on any atom is 0.242 e. The standard InChI is InChI=1S/C12H23N3O2/c1-3-4-11(16)14-7-12(17)15-8-10(6-13)5-9(15)2/h9-10H,3-8,13H2,1-2H3,(H,14,16). The zero-order valence-electron chi connectivity index (χ0n) is 10.7. The van der Waals surface area contributed by atoms with Gasteiger partial charge in [-0.15, -0.1) is 0 Å². The van der Waals surface area contributed by atoms with Crippen molar-refractivity contribution in [2.24, 2.45) is 11.7 Å². The molecular formula is C12H23N3O2. The number of rotatable bonds is 5. The van der Waals surface area contributed by atoms with E-state index < -0.39 is 0 Å². The topological polar surface area (TPSA) is 75.4 Å². The number of carbonyl (C=O) groups excluding carboxylic acids is 2. The molecule has 1 heterocycles. The second kappa shape index (κ2) is 6.59. The molecular weight excluding hydrogens is 218 g/mol. The monoisotopic (exact) mass is 241 g/mol. The van der Waals surface area contributed by atoms with Gasteiger partial charge in [-0.05, 0) is 32.2 Å². The minimum atomic E-state index is -0.0527. The van der Waals surface area contributed by atoms with Crippen molar-refractivity contribution in [2.45, 2.75) is 39.2 Å². The van der Waals surface area contributed by atoms with E-state index in [0.717, 1.165) is 19.4 Å². The molecule has 0 saturated carbocycles. The van der Waals surface area contributed by atoms with Crippen LogP contribution < -0.4 is 11.1 Å². The van der Waals surface area contributed by atoms with E-state index in [1.165, 1.54) is 0 Å². The lowest BCUT2D eigenvalue weighted by molar-refractivity contribution is -0.133. The Bertz CT molecular complexity index is 281. The molecule has 17 heavy (non-hydrogen) atoms. The largest absolute Gasteiger partial charge is 0.347 e. The maximum absolute atomic E-state index is 11.9. The number of hydrogen-bond donors (Lipinski definition) is 2. The summed E-state index contributed by atoms with van der Waals surface area (Å²) in [5.41, 5.74) is 5.61. The lowest BCUT2D eigenvalue weighted by atomic mass is 10.1. The molecule has 0 bridgehead atoms. The fourth-order valence-corrected chi connectivity index (χ4v) is 2.25. The molecule has 1 fully saturated rings. The minimum Gasteiger partial charge on any atom is -0.347 e. The second-order valence-electron chi connectivity index (χ2n) is 4.76. The van der Waals surface area contributed by atoms with Crippen LogP contribution in [0.5, 0.6) is 0 Å². The Kier molecular flexibility index (Phi) is 5.41. The summed E-state index contributed by atoms with van der Waals surface area (Å²) in [7, 11) is 0. The number of likely N-dealkylation sites (tertiary alicyclic amines) is 1. The molecule has 3 N–H and O–H groups in total. The molecule has 1 aliphatic rings. The van der Waals surface area contributed by atoms with Crippen molar-refractivity contribution in [3.05, 3.63) is 0 Å². The van der Waals surface area contributed by atoms with Crippen molar-refractivity contribution in [2.75, 3.05) is 19.6 Å². The predicted molar refractivity (Wildman–Crippen MR) is 66.3 cm³/mol. The van der Waals surface area contributed by atoms with Crippen molar-refractivity contribution < 1.29 is 9.59 Å². The van der Waals surface area contributed by atoms with Gasteiger partial charge in [-0.1, -0.05) is 6.92 Å². The lowest BCUT2D eigenvalue weighted by Gasteiger charge is -2.21. The van der Waals surface area contributed by atoms with Gasteiger partial charge in [-0.2, -0.15) is 0 Å².